The SMILES string of the molecule is CC(C)OP(=O)(CC1N=C1c1ccccc1)OC(C)C. The molecule has 0 amide bonds. The van der Waals surface area contributed by atoms with E-state index in [0.29, 0.717) is 6.16 Å². The van der Waals surface area contributed by atoms with Gasteiger partial charge in [-0.15, -0.1) is 0 Å². The highest BCUT2D eigenvalue weighted by Gasteiger charge is 2.39. The second kappa shape index (κ2) is 6.21. The Bertz CT molecular complexity index is 511. The van der Waals surface area contributed by atoms with Gasteiger partial charge in [0.05, 0.1) is 24.1 Å². The molecule has 1 atom stereocenters. The third-order valence-electron chi connectivity index (χ3n) is 2.75. The Hall–Kier alpha value is -0.960. The Balaban J connectivity index is 1.99. The van der Waals surface area contributed by atoms with E-state index in [1.54, 1.807) is 0 Å². The quantitative estimate of drug-likeness (QED) is 0.717. The molecule has 1 aliphatic rings. The second-order valence-electron chi connectivity index (χ2n) is 5.50. The summed E-state index contributed by atoms with van der Waals surface area (Å²) in [6.45, 7) is 7.45. The van der Waals surface area contributed by atoms with Crippen LogP contribution < -0.4 is 0 Å². The number of benzene rings is 1. The van der Waals surface area contributed by atoms with Gasteiger partial charge in [0.15, 0.2) is 0 Å². The van der Waals surface area contributed by atoms with E-state index in [2.05, 4.69) is 4.99 Å². The van der Waals surface area contributed by atoms with E-state index in [4.69, 9.17) is 9.05 Å². The largest absolute Gasteiger partial charge is 0.333 e. The third-order valence-corrected chi connectivity index (χ3v) is 5.03. The molecule has 1 aromatic carbocycles. The number of rotatable bonds is 7. The van der Waals surface area contributed by atoms with E-state index < -0.39 is 7.60 Å². The lowest BCUT2D eigenvalue weighted by Crippen LogP contribution is -2.15. The molecule has 110 valence electrons. The molecule has 0 N–H and O–H groups in total. The van der Waals surface area contributed by atoms with Crippen LogP contribution in [-0.2, 0) is 13.6 Å². The Morgan fingerprint density at radius 3 is 2.15 bits per heavy atom. The maximum Gasteiger partial charge on any atom is 0.333 e. The molecule has 1 aliphatic heterocycles. The molecule has 20 heavy (non-hydrogen) atoms. The number of hydrogen-bond donors (Lipinski definition) is 0. The van der Waals surface area contributed by atoms with Crippen LogP contribution in [0.1, 0.15) is 33.3 Å². The van der Waals surface area contributed by atoms with Gasteiger partial charge in [-0.05, 0) is 33.3 Å². The molecule has 0 aliphatic carbocycles. The summed E-state index contributed by atoms with van der Waals surface area (Å²) in [6.07, 6.45) is 0.0742. The zero-order chi connectivity index (χ0) is 14.8. The van der Waals surface area contributed by atoms with E-state index in [9.17, 15) is 4.57 Å². The van der Waals surface area contributed by atoms with Crippen molar-refractivity contribution in [1.29, 1.82) is 0 Å². The summed E-state index contributed by atoms with van der Waals surface area (Å²) in [5.74, 6) is 0. The van der Waals surface area contributed by atoms with Crippen molar-refractivity contribution < 1.29 is 13.6 Å². The highest BCUT2D eigenvalue weighted by Crippen LogP contribution is 2.52. The number of aliphatic imine (C=N–C) groups is 1. The van der Waals surface area contributed by atoms with Crippen molar-refractivity contribution >= 4 is 13.3 Å². The van der Waals surface area contributed by atoms with E-state index in [0.717, 1.165) is 11.3 Å². The minimum atomic E-state index is -3.10. The molecule has 5 heteroatoms. The first-order chi connectivity index (χ1) is 9.39. The second-order valence-corrected chi connectivity index (χ2v) is 7.51. The van der Waals surface area contributed by atoms with Gasteiger partial charge in [-0.2, -0.15) is 0 Å². The van der Waals surface area contributed by atoms with Gasteiger partial charge in [-0.25, -0.2) is 0 Å². The van der Waals surface area contributed by atoms with Crippen molar-refractivity contribution in [3.8, 4) is 0 Å². The zero-order valence-electron chi connectivity index (χ0n) is 12.4. The standard InChI is InChI=1S/C15H22NO3P/c1-11(2)18-20(17,19-12(3)4)10-14-15(16-14)13-8-6-5-7-9-13/h5-9,11-12,14H,10H2,1-4H3. The van der Waals surface area contributed by atoms with E-state index in [1.165, 1.54) is 0 Å². The molecule has 0 saturated heterocycles. The van der Waals surface area contributed by atoms with E-state index in [1.807, 2.05) is 58.0 Å². The molecule has 1 heterocycles. The molecule has 0 spiro atoms. The lowest BCUT2D eigenvalue weighted by molar-refractivity contribution is 0.143. The molecule has 2 rings (SSSR count). The molecule has 4 nitrogen and oxygen atoms in total. The Labute approximate surface area is 120 Å². The average Bonchev–Trinajstić information content (AvgIpc) is 3.06. The van der Waals surface area contributed by atoms with Gasteiger partial charge in [0.25, 0.3) is 0 Å². The monoisotopic (exact) mass is 295 g/mol. The van der Waals surface area contributed by atoms with Gasteiger partial charge < -0.3 is 9.05 Å². The van der Waals surface area contributed by atoms with Gasteiger partial charge in [-0.1, -0.05) is 30.3 Å². The van der Waals surface area contributed by atoms with Crippen LogP contribution in [0.2, 0.25) is 0 Å². The molecule has 0 bridgehead atoms. The van der Waals surface area contributed by atoms with Crippen molar-refractivity contribution in [2.24, 2.45) is 4.99 Å². The summed E-state index contributed by atoms with van der Waals surface area (Å²) in [4.78, 5) is 4.41. The Morgan fingerprint density at radius 1 is 1.10 bits per heavy atom. The van der Waals surface area contributed by atoms with Crippen LogP contribution in [0, 0.1) is 0 Å². The van der Waals surface area contributed by atoms with Gasteiger partial charge in [-0.3, -0.25) is 9.56 Å². The average molecular weight is 295 g/mol. The van der Waals surface area contributed by atoms with Crippen LogP contribution in [0.15, 0.2) is 35.3 Å². The lowest BCUT2D eigenvalue weighted by Gasteiger charge is -2.22. The normalized spacial score (nSPS) is 18.5. The molecule has 1 unspecified atom stereocenters. The van der Waals surface area contributed by atoms with Crippen LogP contribution >= 0.6 is 7.60 Å². The maximum absolute atomic E-state index is 12.7. The van der Waals surface area contributed by atoms with Crippen molar-refractivity contribution in [2.45, 2.75) is 45.9 Å². The molecular weight excluding hydrogens is 273 g/mol. The highest BCUT2D eigenvalue weighted by atomic mass is 31.2. The number of nitrogens with zero attached hydrogens (tertiary/aromatic N) is 1. The molecular formula is C15H22NO3P. The fourth-order valence-corrected chi connectivity index (χ4v) is 4.28. The molecule has 0 fully saturated rings. The van der Waals surface area contributed by atoms with Crippen molar-refractivity contribution in [3.63, 3.8) is 0 Å². The van der Waals surface area contributed by atoms with Gasteiger partial charge >= 0.3 is 7.60 Å². The van der Waals surface area contributed by atoms with Crippen LogP contribution in [-0.4, -0.2) is 30.1 Å². The third kappa shape index (κ3) is 4.27. The first kappa shape index (κ1) is 15.4. The lowest BCUT2D eigenvalue weighted by atomic mass is 10.1. The van der Waals surface area contributed by atoms with Crippen molar-refractivity contribution in [1.82, 2.24) is 0 Å². The smallest absolute Gasteiger partial charge is 0.306 e. The summed E-state index contributed by atoms with van der Waals surface area (Å²) < 4.78 is 23.8. The molecule has 0 aromatic heterocycles. The Morgan fingerprint density at radius 2 is 1.65 bits per heavy atom. The summed E-state index contributed by atoms with van der Waals surface area (Å²) in [7, 11) is -3.10. The van der Waals surface area contributed by atoms with Crippen LogP contribution in [0.5, 0.6) is 0 Å². The van der Waals surface area contributed by atoms with Gasteiger partial charge in [0.2, 0.25) is 0 Å². The van der Waals surface area contributed by atoms with Gasteiger partial charge in [0.1, 0.15) is 6.04 Å². The van der Waals surface area contributed by atoms with Crippen LogP contribution in [0.4, 0.5) is 0 Å². The first-order valence-corrected chi connectivity index (χ1v) is 8.71. The summed E-state index contributed by atoms with van der Waals surface area (Å²) in [5.41, 5.74) is 2.07. The molecule has 1 aromatic rings. The molecule has 0 saturated carbocycles. The fourth-order valence-electron chi connectivity index (χ4n) is 2.10. The maximum atomic E-state index is 12.7. The van der Waals surface area contributed by atoms with E-state index >= 15 is 0 Å². The Kier molecular flexibility index (Phi) is 4.79. The van der Waals surface area contributed by atoms with Crippen molar-refractivity contribution in [2.75, 3.05) is 6.16 Å². The zero-order valence-corrected chi connectivity index (χ0v) is 13.3. The summed E-state index contributed by atoms with van der Waals surface area (Å²) in [5, 5.41) is 0. The topological polar surface area (TPSA) is 47.9 Å². The predicted octanol–water partition coefficient (Wildman–Crippen LogP) is 3.90. The fraction of sp³-hybridized carbons (Fsp3) is 0.533. The number of hydrogen-bond acceptors (Lipinski definition) is 4. The van der Waals surface area contributed by atoms with Crippen molar-refractivity contribution in [3.05, 3.63) is 35.9 Å². The predicted molar refractivity (Wildman–Crippen MR) is 81.7 cm³/mol. The first-order valence-electron chi connectivity index (χ1n) is 6.98. The summed E-state index contributed by atoms with van der Waals surface area (Å²) >= 11 is 0. The highest BCUT2D eigenvalue weighted by molar-refractivity contribution is 7.54. The van der Waals surface area contributed by atoms with Crippen LogP contribution in [0.3, 0.4) is 0 Å². The minimum absolute atomic E-state index is 0.0410. The summed E-state index contributed by atoms with van der Waals surface area (Å²) in [6, 6.07) is 9.90. The van der Waals surface area contributed by atoms with Crippen LogP contribution in [0.25, 0.3) is 0 Å². The van der Waals surface area contributed by atoms with E-state index in [-0.39, 0.29) is 18.2 Å². The van der Waals surface area contributed by atoms with Gasteiger partial charge in [0, 0.05) is 0 Å². The molecule has 0 radical (unpaired) electrons. The minimum Gasteiger partial charge on any atom is -0.306 e.